The van der Waals surface area contributed by atoms with Gasteiger partial charge in [0.15, 0.2) is 0 Å². The van der Waals surface area contributed by atoms with E-state index in [2.05, 4.69) is 9.97 Å². The van der Waals surface area contributed by atoms with Gasteiger partial charge in [0.1, 0.15) is 5.82 Å². The van der Waals surface area contributed by atoms with E-state index >= 15 is 0 Å². The second-order valence-corrected chi connectivity index (χ2v) is 4.89. The lowest BCUT2D eigenvalue weighted by molar-refractivity contribution is 0.640. The molecule has 0 bridgehead atoms. The Kier molecular flexibility index (Phi) is 2.09. The Morgan fingerprint density at radius 2 is 1.89 bits per heavy atom. The zero-order valence-corrected chi connectivity index (χ0v) is 10.5. The molecule has 0 spiro atoms. The van der Waals surface area contributed by atoms with Gasteiger partial charge in [-0.1, -0.05) is 23.7 Å². The number of rotatable bonds is 0. The Labute approximate surface area is 112 Å². The smallest absolute Gasteiger partial charge is 0.134 e. The molecule has 0 atom stereocenters. The van der Waals surface area contributed by atoms with E-state index in [-0.39, 0.29) is 5.82 Å². The maximum absolute atomic E-state index is 13.9. The zero-order valence-electron chi connectivity index (χ0n) is 9.74. The molecule has 2 aromatic carbocycles. The van der Waals surface area contributed by atoms with Crippen LogP contribution in [0.3, 0.4) is 0 Å². The summed E-state index contributed by atoms with van der Waals surface area (Å²) in [5, 5.41) is 2.04. The number of nitrogens with zero attached hydrogens (tertiary/aromatic N) is 1. The van der Waals surface area contributed by atoms with E-state index in [1.165, 1.54) is 6.07 Å². The lowest BCUT2D eigenvalue weighted by Crippen LogP contribution is -1.82. The predicted octanol–water partition coefficient (Wildman–Crippen LogP) is 4.66. The summed E-state index contributed by atoms with van der Waals surface area (Å²) in [6, 6.07) is 12.4. The molecule has 4 aromatic rings. The molecule has 0 radical (unpaired) electrons. The molecule has 0 aliphatic rings. The van der Waals surface area contributed by atoms with Gasteiger partial charge in [0, 0.05) is 5.39 Å². The SMILES string of the molecule is Fc1cccc2[nH]c3cc4c(Cl)cccc4nc3c12. The fraction of sp³-hybridized carbons (Fsp3) is 0. The van der Waals surface area contributed by atoms with E-state index in [1.54, 1.807) is 6.07 Å². The van der Waals surface area contributed by atoms with E-state index < -0.39 is 0 Å². The van der Waals surface area contributed by atoms with Crippen molar-refractivity contribution in [1.29, 1.82) is 0 Å². The van der Waals surface area contributed by atoms with Crippen LogP contribution in [0.2, 0.25) is 5.02 Å². The van der Waals surface area contributed by atoms with E-state index in [0.717, 1.165) is 21.9 Å². The fourth-order valence-electron chi connectivity index (χ4n) is 2.46. The van der Waals surface area contributed by atoms with Gasteiger partial charge in [-0.25, -0.2) is 9.37 Å². The summed E-state index contributed by atoms with van der Waals surface area (Å²) >= 11 is 6.16. The van der Waals surface area contributed by atoms with E-state index in [4.69, 9.17) is 11.6 Å². The van der Waals surface area contributed by atoms with Crippen molar-refractivity contribution in [1.82, 2.24) is 9.97 Å². The average molecular weight is 271 g/mol. The molecular formula is C15H8ClFN2. The van der Waals surface area contributed by atoms with Gasteiger partial charge in [0.2, 0.25) is 0 Å². The average Bonchev–Trinajstić information content (AvgIpc) is 2.76. The highest BCUT2D eigenvalue weighted by Crippen LogP contribution is 2.30. The Morgan fingerprint density at radius 1 is 1.05 bits per heavy atom. The van der Waals surface area contributed by atoms with Crippen molar-refractivity contribution in [3.8, 4) is 0 Å². The highest BCUT2D eigenvalue weighted by molar-refractivity contribution is 6.35. The van der Waals surface area contributed by atoms with Crippen LogP contribution >= 0.6 is 11.6 Å². The molecule has 0 saturated heterocycles. The number of hydrogen-bond acceptors (Lipinski definition) is 1. The lowest BCUT2D eigenvalue weighted by Gasteiger charge is -2.00. The van der Waals surface area contributed by atoms with Crippen LogP contribution in [-0.4, -0.2) is 9.97 Å². The van der Waals surface area contributed by atoms with Gasteiger partial charge in [0.05, 0.1) is 32.5 Å². The topological polar surface area (TPSA) is 28.7 Å². The van der Waals surface area contributed by atoms with Crippen LogP contribution in [-0.2, 0) is 0 Å². The lowest BCUT2D eigenvalue weighted by atomic mass is 10.1. The first-order valence-electron chi connectivity index (χ1n) is 5.89. The molecule has 4 heteroatoms. The Balaban J connectivity index is 2.28. The third kappa shape index (κ3) is 1.45. The standard InChI is InChI=1S/C15H8ClFN2/c16-9-3-1-5-11-8(9)7-13-15(19-11)14-10(17)4-2-6-12(14)18-13/h1-7,18H. The summed E-state index contributed by atoms with van der Waals surface area (Å²) in [6.07, 6.45) is 0. The van der Waals surface area contributed by atoms with Gasteiger partial charge in [-0.05, 0) is 30.3 Å². The first kappa shape index (κ1) is 10.8. The fourth-order valence-corrected chi connectivity index (χ4v) is 2.68. The normalized spacial score (nSPS) is 11.7. The number of benzene rings is 2. The van der Waals surface area contributed by atoms with Crippen LogP contribution in [0.5, 0.6) is 0 Å². The molecule has 4 rings (SSSR count). The number of hydrogen-bond donors (Lipinski definition) is 1. The zero-order chi connectivity index (χ0) is 13.0. The summed E-state index contributed by atoms with van der Waals surface area (Å²) in [5.41, 5.74) is 2.95. The summed E-state index contributed by atoms with van der Waals surface area (Å²) in [4.78, 5) is 7.71. The third-order valence-corrected chi connectivity index (χ3v) is 3.66. The van der Waals surface area contributed by atoms with Crippen molar-refractivity contribution in [3.63, 3.8) is 0 Å². The minimum atomic E-state index is -0.266. The molecule has 1 N–H and O–H groups in total. The highest BCUT2D eigenvalue weighted by Gasteiger charge is 2.11. The molecule has 0 fully saturated rings. The summed E-state index contributed by atoms with van der Waals surface area (Å²) < 4.78 is 13.9. The highest BCUT2D eigenvalue weighted by atomic mass is 35.5. The number of H-pyrrole nitrogens is 1. The molecule has 19 heavy (non-hydrogen) atoms. The molecular weight excluding hydrogens is 263 g/mol. The second kappa shape index (κ2) is 3.68. The molecule has 2 nitrogen and oxygen atoms in total. The Bertz CT molecular complexity index is 943. The minimum absolute atomic E-state index is 0.266. The van der Waals surface area contributed by atoms with Gasteiger partial charge >= 0.3 is 0 Å². The van der Waals surface area contributed by atoms with Crippen LogP contribution in [0.4, 0.5) is 4.39 Å². The quantitative estimate of drug-likeness (QED) is 0.494. The van der Waals surface area contributed by atoms with E-state index in [1.807, 2.05) is 30.3 Å². The number of pyridine rings is 1. The van der Waals surface area contributed by atoms with Crippen molar-refractivity contribution >= 4 is 44.4 Å². The molecule has 0 saturated carbocycles. The summed E-state index contributed by atoms with van der Waals surface area (Å²) in [6.45, 7) is 0. The minimum Gasteiger partial charge on any atom is -0.353 e. The molecule has 0 unspecified atom stereocenters. The van der Waals surface area contributed by atoms with Gasteiger partial charge in [-0.15, -0.1) is 0 Å². The summed E-state index contributed by atoms with van der Waals surface area (Å²) in [5.74, 6) is -0.266. The van der Waals surface area contributed by atoms with Gasteiger partial charge in [-0.3, -0.25) is 0 Å². The molecule has 0 aliphatic heterocycles. The molecule has 2 aromatic heterocycles. The van der Waals surface area contributed by atoms with Crippen LogP contribution in [0.15, 0.2) is 42.5 Å². The van der Waals surface area contributed by atoms with Gasteiger partial charge < -0.3 is 4.98 Å². The summed E-state index contributed by atoms with van der Waals surface area (Å²) in [7, 11) is 0. The van der Waals surface area contributed by atoms with Crippen molar-refractivity contribution in [3.05, 3.63) is 53.3 Å². The van der Waals surface area contributed by atoms with E-state index in [0.29, 0.717) is 15.9 Å². The molecule has 0 aliphatic carbocycles. The number of aromatic nitrogens is 2. The first-order chi connectivity index (χ1) is 9.24. The Hall–Kier alpha value is -2.13. The number of fused-ring (bicyclic) bond motifs is 4. The predicted molar refractivity (Wildman–Crippen MR) is 76.1 cm³/mol. The number of aromatic amines is 1. The van der Waals surface area contributed by atoms with Crippen LogP contribution in [0.1, 0.15) is 0 Å². The van der Waals surface area contributed by atoms with Crippen LogP contribution < -0.4 is 0 Å². The van der Waals surface area contributed by atoms with Gasteiger partial charge in [-0.2, -0.15) is 0 Å². The van der Waals surface area contributed by atoms with Crippen molar-refractivity contribution in [2.75, 3.05) is 0 Å². The molecule has 0 amide bonds. The van der Waals surface area contributed by atoms with Gasteiger partial charge in [0.25, 0.3) is 0 Å². The number of halogens is 2. The maximum atomic E-state index is 13.9. The Morgan fingerprint density at radius 3 is 2.79 bits per heavy atom. The monoisotopic (exact) mass is 270 g/mol. The van der Waals surface area contributed by atoms with Crippen LogP contribution in [0, 0.1) is 5.82 Å². The maximum Gasteiger partial charge on any atom is 0.134 e. The van der Waals surface area contributed by atoms with Crippen molar-refractivity contribution in [2.24, 2.45) is 0 Å². The van der Waals surface area contributed by atoms with E-state index in [9.17, 15) is 4.39 Å². The van der Waals surface area contributed by atoms with Crippen molar-refractivity contribution in [2.45, 2.75) is 0 Å². The first-order valence-corrected chi connectivity index (χ1v) is 6.27. The second-order valence-electron chi connectivity index (χ2n) is 4.48. The molecule has 2 heterocycles. The molecule has 92 valence electrons. The van der Waals surface area contributed by atoms with Crippen LogP contribution in [0.25, 0.3) is 32.8 Å². The third-order valence-electron chi connectivity index (χ3n) is 3.33. The van der Waals surface area contributed by atoms with Crippen molar-refractivity contribution < 1.29 is 4.39 Å². The largest absolute Gasteiger partial charge is 0.353 e. The number of nitrogens with one attached hydrogen (secondary N) is 1.